The molecule has 0 fully saturated rings. The molecule has 10 aromatic rings. The van der Waals surface area contributed by atoms with Crippen LogP contribution in [0.25, 0.3) is 77.6 Å². The minimum absolute atomic E-state index is 0.00320. The number of benzene rings is 8. The summed E-state index contributed by atoms with van der Waals surface area (Å²) < 4.78 is 5.50. The fourth-order valence-corrected chi connectivity index (χ4v) is 16.7. The van der Waals surface area contributed by atoms with Crippen molar-refractivity contribution in [3.63, 3.8) is 0 Å². The van der Waals surface area contributed by atoms with Crippen molar-refractivity contribution in [2.45, 2.75) is 100 Å². The van der Waals surface area contributed by atoms with Gasteiger partial charge < -0.3 is 9.13 Å². The summed E-state index contributed by atoms with van der Waals surface area (Å²) in [5.74, 6) is 0.573. The van der Waals surface area contributed by atoms with E-state index >= 15 is 0 Å². The maximum Gasteiger partial charge on any atom is 0.252 e. The second kappa shape index (κ2) is 14.2. The Labute approximate surface area is 426 Å². The van der Waals surface area contributed by atoms with Crippen molar-refractivity contribution in [3.8, 4) is 44.9 Å². The number of nitrogens with zero attached hydrogens (tertiary/aromatic N) is 2. The second-order valence-corrected chi connectivity index (χ2v) is 26.3. The first-order chi connectivity index (χ1) is 34.3. The molecule has 14 rings (SSSR count). The summed E-state index contributed by atoms with van der Waals surface area (Å²) >= 11 is 0. The van der Waals surface area contributed by atoms with Crippen molar-refractivity contribution in [1.29, 1.82) is 0 Å². The zero-order valence-corrected chi connectivity index (χ0v) is 44.2. The number of hydrogen-bond acceptors (Lipinski definition) is 0. The first kappa shape index (κ1) is 43.9. The molecule has 2 nitrogen and oxygen atoms in total. The van der Waals surface area contributed by atoms with E-state index in [1.807, 2.05) is 0 Å². The monoisotopic (exact) mass is 933 g/mol. The third-order valence-corrected chi connectivity index (χ3v) is 17.6. The van der Waals surface area contributed by atoms with Crippen molar-refractivity contribution in [1.82, 2.24) is 9.13 Å². The van der Waals surface area contributed by atoms with Crippen molar-refractivity contribution in [2.75, 3.05) is 0 Å². The average molecular weight is 933 g/mol. The Balaban J connectivity index is 1.25. The predicted octanol–water partition coefficient (Wildman–Crippen LogP) is 16.2. The Kier molecular flexibility index (Phi) is 8.67. The molecular formula is C69H65BN2. The van der Waals surface area contributed by atoms with Gasteiger partial charge in [0, 0.05) is 44.1 Å². The van der Waals surface area contributed by atoms with Crippen LogP contribution in [-0.4, -0.2) is 15.8 Å². The third-order valence-electron chi connectivity index (χ3n) is 17.6. The average Bonchev–Trinajstić information content (AvgIpc) is 3.95. The zero-order valence-electron chi connectivity index (χ0n) is 44.2. The van der Waals surface area contributed by atoms with Gasteiger partial charge in [0.15, 0.2) is 0 Å². The Morgan fingerprint density at radius 2 is 0.917 bits per heavy atom. The number of hydrogen-bond donors (Lipinski definition) is 0. The molecule has 5 heterocycles. The standard InChI is InChI=1S/C69H65BN2/c1-65(2,3)63(66(4,5)6)42-36-47-48-37-43(64(67(7,8)9)68(10,11)12)39-54-61(48)72-59(47)52(38-42)69(49-31-21-19-28-44(49)45-29-20-22-32-50(45)69)51-34-35-55-57(62(51)72)70(54)53-33-23-30-46-56(40-24-15-13-16-25-40)58(71(55)60(46)53)41-26-17-14-18-27-41/h13-39,63-64H,1-12H3. The van der Waals surface area contributed by atoms with Crippen LogP contribution in [0.5, 0.6) is 0 Å². The summed E-state index contributed by atoms with van der Waals surface area (Å²) in [7, 11) is 0. The van der Waals surface area contributed by atoms with Gasteiger partial charge in [-0.2, -0.15) is 0 Å². The van der Waals surface area contributed by atoms with Gasteiger partial charge in [-0.15, -0.1) is 0 Å². The van der Waals surface area contributed by atoms with E-state index < -0.39 is 5.41 Å². The predicted molar refractivity (Wildman–Crippen MR) is 307 cm³/mol. The van der Waals surface area contributed by atoms with Crippen molar-refractivity contribution >= 4 is 55.8 Å². The zero-order chi connectivity index (χ0) is 49.8. The SMILES string of the molecule is CC(C)(C)C(c1cc2c3c(c1)c1cc(C(C(C)(C)C)C(C)(C)C)cc4c1n3-c1c(ccc3c1B2c1cccc2c(-c5ccccc5)c(-c5ccccc5)n-3c12)C41c2ccccc2-c2ccccc21)C(C)(C)C. The molecule has 3 heteroatoms. The first-order valence-electron chi connectivity index (χ1n) is 26.6. The van der Waals surface area contributed by atoms with Crippen LogP contribution in [-0.2, 0) is 5.41 Å². The van der Waals surface area contributed by atoms with E-state index in [4.69, 9.17) is 0 Å². The normalized spacial score (nSPS) is 15.0. The highest BCUT2D eigenvalue weighted by atomic mass is 15.1. The van der Waals surface area contributed by atoms with Crippen LogP contribution in [0.4, 0.5) is 0 Å². The Bertz CT molecular complexity index is 3890. The quantitative estimate of drug-likeness (QED) is 0.156. The number of fused-ring (bicyclic) bond motifs is 11. The van der Waals surface area contributed by atoms with E-state index in [1.165, 1.54) is 127 Å². The highest BCUT2D eigenvalue weighted by Crippen LogP contribution is 2.63. The van der Waals surface area contributed by atoms with Crippen LogP contribution in [0, 0.1) is 21.7 Å². The molecular weight excluding hydrogens is 868 g/mol. The van der Waals surface area contributed by atoms with Gasteiger partial charge in [0.2, 0.25) is 0 Å². The summed E-state index contributed by atoms with van der Waals surface area (Å²) in [6, 6.07) is 64.3. The highest BCUT2D eigenvalue weighted by Gasteiger charge is 2.55. The molecule has 0 atom stereocenters. The summed E-state index contributed by atoms with van der Waals surface area (Å²) in [6.07, 6.45) is 0. The smallest absolute Gasteiger partial charge is 0.252 e. The molecule has 1 aliphatic carbocycles. The van der Waals surface area contributed by atoms with Crippen LogP contribution in [0.1, 0.15) is 128 Å². The van der Waals surface area contributed by atoms with Crippen LogP contribution < -0.4 is 16.4 Å². The molecule has 4 aliphatic rings. The number of aromatic nitrogens is 2. The maximum atomic E-state index is 2.81. The molecule has 0 saturated carbocycles. The molecule has 8 aromatic carbocycles. The maximum absolute atomic E-state index is 2.81. The molecule has 0 saturated heterocycles. The van der Waals surface area contributed by atoms with Crippen molar-refractivity contribution < 1.29 is 0 Å². The first-order valence-corrected chi connectivity index (χ1v) is 26.6. The van der Waals surface area contributed by atoms with Crippen LogP contribution in [0.3, 0.4) is 0 Å². The molecule has 0 amide bonds. The second-order valence-electron chi connectivity index (χ2n) is 26.3. The van der Waals surface area contributed by atoms with Gasteiger partial charge in [-0.05, 0) is 124 Å². The van der Waals surface area contributed by atoms with Crippen molar-refractivity contribution in [3.05, 3.63) is 197 Å². The summed E-state index contributed by atoms with van der Waals surface area (Å²) in [6.45, 7) is 29.6. The lowest BCUT2D eigenvalue weighted by atomic mass is 9.33. The van der Waals surface area contributed by atoms with Crippen LogP contribution in [0.15, 0.2) is 164 Å². The molecule has 354 valence electrons. The molecule has 0 radical (unpaired) electrons. The van der Waals surface area contributed by atoms with Crippen LogP contribution in [0.2, 0.25) is 0 Å². The van der Waals surface area contributed by atoms with Gasteiger partial charge in [0.25, 0.3) is 6.71 Å². The Hall–Kier alpha value is -6.84. The van der Waals surface area contributed by atoms with E-state index in [2.05, 4.69) is 256 Å². The number of para-hydroxylation sites is 1. The van der Waals surface area contributed by atoms with Crippen LogP contribution >= 0.6 is 0 Å². The fraction of sp³-hybridized carbons (Fsp3) is 0.275. The lowest BCUT2D eigenvalue weighted by molar-refractivity contribution is 0.176. The van der Waals surface area contributed by atoms with E-state index in [0.29, 0.717) is 5.92 Å². The molecule has 0 unspecified atom stereocenters. The molecule has 72 heavy (non-hydrogen) atoms. The van der Waals surface area contributed by atoms with Gasteiger partial charge in [-0.25, -0.2) is 0 Å². The molecule has 0 N–H and O–H groups in total. The molecule has 2 aromatic heterocycles. The van der Waals surface area contributed by atoms with E-state index in [1.54, 1.807) is 0 Å². The van der Waals surface area contributed by atoms with Gasteiger partial charge in [0.1, 0.15) is 0 Å². The molecule has 3 aliphatic heterocycles. The topological polar surface area (TPSA) is 9.86 Å². The fourth-order valence-electron chi connectivity index (χ4n) is 16.7. The minimum Gasteiger partial charge on any atom is -0.310 e. The van der Waals surface area contributed by atoms with Gasteiger partial charge in [0.05, 0.1) is 16.6 Å². The van der Waals surface area contributed by atoms with Gasteiger partial charge in [-0.1, -0.05) is 229 Å². The minimum atomic E-state index is -0.568. The van der Waals surface area contributed by atoms with E-state index in [0.717, 1.165) is 0 Å². The summed E-state index contributed by atoms with van der Waals surface area (Å²) in [4.78, 5) is 0. The lowest BCUT2D eigenvalue weighted by Crippen LogP contribution is -2.60. The van der Waals surface area contributed by atoms with E-state index in [9.17, 15) is 0 Å². The summed E-state index contributed by atoms with van der Waals surface area (Å²) in [5.41, 5.74) is 26.6. The Morgan fingerprint density at radius 1 is 0.403 bits per heavy atom. The third kappa shape index (κ3) is 5.53. The molecule has 1 spiro atoms. The summed E-state index contributed by atoms with van der Waals surface area (Å²) in [5, 5.41) is 4.08. The van der Waals surface area contributed by atoms with E-state index in [-0.39, 0.29) is 34.3 Å². The highest BCUT2D eigenvalue weighted by molar-refractivity contribution is 7.00. The van der Waals surface area contributed by atoms with Gasteiger partial charge >= 0.3 is 0 Å². The molecule has 0 bridgehead atoms. The lowest BCUT2D eigenvalue weighted by Gasteiger charge is -2.45. The van der Waals surface area contributed by atoms with Gasteiger partial charge in [-0.3, -0.25) is 0 Å². The largest absolute Gasteiger partial charge is 0.310 e. The number of rotatable bonds is 4. The van der Waals surface area contributed by atoms with Crippen molar-refractivity contribution in [2.24, 2.45) is 21.7 Å². The Morgan fingerprint density at radius 3 is 1.50 bits per heavy atom.